The van der Waals surface area contributed by atoms with Gasteiger partial charge in [-0.3, -0.25) is 4.79 Å². The molecule has 2 aromatic rings. The van der Waals surface area contributed by atoms with Crippen LogP contribution in [0.15, 0.2) is 48.5 Å². The predicted molar refractivity (Wildman–Crippen MR) is 89.6 cm³/mol. The van der Waals surface area contributed by atoms with Crippen LogP contribution in [0.2, 0.25) is 0 Å². The largest absolute Gasteiger partial charge is 0.473 e. The molecule has 6 heteroatoms. The molecule has 0 aliphatic heterocycles. The van der Waals surface area contributed by atoms with Crippen LogP contribution in [0.3, 0.4) is 0 Å². The number of nitrogens with one attached hydrogen (secondary N) is 3. The molecule has 0 aromatic heterocycles. The van der Waals surface area contributed by atoms with E-state index in [0.717, 1.165) is 5.56 Å². The van der Waals surface area contributed by atoms with Gasteiger partial charge >= 0.3 is 6.03 Å². The lowest BCUT2D eigenvalue weighted by atomic mass is 10.2. The molecule has 120 valence electrons. The summed E-state index contributed by atoms with van der Waals surface area (Å²) in [5.41, 5.74) is 2.43. The van der Waals surface area contributed by atoms with E-state index in [1.165, 1.54) is 6.92 Å². The Hall–Kier alpha value is -3.02. The molecule has 6 nitrogen and oxygen atoms in total. The molecule has 2 rings (SSSR count). The van der Waals surface area contributed by atoms with Crippen LogP contribution in [0.25, 0.3) is 0 Å². The van der Waals surface area contributed by atoms with Crippen molar-refractivity contribution in [2.75, 3.05) is 17.4 Å². The van der Waals surface area contributed by atoms with Crippen LogP contribution in [-0.4, -0.2) is 18.7 Å². The van der Waals surface area contributed by atoms with E-state index < -0.39 is 0 Å². The van der Waals surface area contributed by atoms with Crippen LogP contribution in [0.5, 0.6) is 5.75 Å². The van der Waals surface area contributed by atoms with Gasteiger partial charge in [0.25, 0.3) is 0 Å². The normalized spacial score (nSPS) is 9.83. The molecule has 23 heavy (non-hydrogen) atoms. The van der Waals surface area contributed by atoms with E-state index in [1.54, 1.807) is 24.3 Å². The summed E-state index contributed by atoms with van der Waals surface area (Å²) >= 11 is 0. The number of carbonyl (C=O) groups is 2. The van der Waals surface area contributed by atoms with Crippen molar-refractivity contribution in [3.05, 3.63) is 54.1 Å². The van der Waals surface area contributed by atoms with Gasteiger partial charge in [0.05, 0.1) is 0 Å². The number of ether oxygens (including phenoxy) is 1. The summed E-state index contributed by atoms with van der Waals surface area (Å²) in [4.78, 5) is 22.7. The van der Waals surface area contributed by atoms with Gasteiger partial charge in [0, 0.05) is 18.3 Å². The fourth-order valence-electron chi connectivity index (χ4n) is 1.83. The molecule has 0 radical (unpaired) electrons. The molecule has 3 N–H and O–H groups in total. The first-order chi connectivity index (χ1) is 11.0. The Morgan fingerprint density at radius 3 is 2.04 bits per heavy atom. The van der Waals surface area contributed by atoms with E-state index in [9.17, 15) is 9.59 Å². The molecule has 0 unspecified atom stereocenters. The third-order valence-electron chi connectivity index (χ3n) is 2.96. The second-order valence-electron chi connectivity index (χ2n) is 4.99. The fraction of sp³-hybridized carbons (Fsp3) is 0.176. The maximum atomic E-state index is 11.7. The van der Waals surface area contributed by atoms with Crippen molar-refractivity contribution in [3.63, 3.8) is 0 Å². The highest BCUT2D eigenvalue weighted by atomic mass is 16.5. The first kappa shape index (κ1) is 16.4. The lowest BCUT2D eigenvalue weighted by Gasteiger charge is -2.10. The molecule has 0 saturated heterocycles. The van der Waals surface area contributed by atoms with Crippen molar-refractivity contribution in [3.8, 4) is 5.75 Å². The van der Waals surface area contributed by atoms with E-state index in [-0.39, 0.29) is 18.7 Å². The van der Waals surface area contributed by atoms with Crippen LogP contribution in [0.4, 0.5) is 16.2 Å². The summed E-state index contributed by atoms with van der Waals surface area (Å²) in [7, 11) is 0. The van der Waals surface area contributed by atoms with Crippen LogP contribution in [0, 0.1) is 6.92 Å². The average Bonchev–Trinajstić information content (AvgIpc) is 2.51. The van der Waals surface area contributed by atoms with Crippen molar-refractivity contribution in [1.82, 2.24) is 5.32 Å². The highest BCUT2D eigenvalue weighted by molar-refractivity contribution is 5.91. The molecule has 0 aliphatic carbocycles. The number of rotatable bonds is 5. The Morgan fingerprint density at radius 2 is 1.48 bits per heavy atom. The van der Waals surface area contributed by atoms with Gasteiger partial charge in [-0.15, -0.1) is 0 Å². The minimum absolute atomic E-state index is 0.0683. The van der Waals surface area contributed by atoms with Gasteiger partial charge in [-0.25, -0.2) is 4.79 Å². The van der Waals surface area contributed by atoms with Gasteiger partial charge in [0.1, 0.15) is 5.75 Å². The van der Waals surface area contributed by atoms with Crippen LogP contribution < -0.4 is 20.7 Å². The van der Waals surface area contributed by atoms with Gasteiger partial charge < -0.3 is 20.7 Å². The number of amides is 3. The first-order valence-corrected chi connectivity index (χ1v) is 7.15. The summed E-state index contributed by atoms with van der Waals surface area (Å²) in [5, 5.41) is 7.93. The monoisotopic (exact) mass is 313 g/mol. The number of benzene rings is 2. The maximum Gasteiger partial charge on any atom is 0.321 e. The van der Waals surface area contributed by atoms with Crippen LogP contribution in [0.1, 0.15) is 12.5 Å². The lowest BCUT2D eigenvalue weighted by molar-refractivity contribution is -0.114. The van der Waals surface area contributed by atoms with Gasteiger partial charge in [-0.1, -0.05) is 17.7 Å². The summed E-state index contributed by atoms with van der Waals surface area (Å²) in [5.74, 6) is 0.548. The molecule has 0 bridgehead atoms. The number of hydrogen-bond acceptors (Lipinski definition) is 3. The highest BCUT2D eigenvalue weighted by Gasteiger charge is 2.02. The Balaban J connectivity index is 1.76. The molecular weight excluding hydrogens is 294 g/mol. The second kappa shape index (κ2) is 7.84. The lowest BCUT2D eigenvalue weighted by Crippen LogP contribution is -2.31. The molecule has 0 aliphatic rings. The Labute approximate surface area is 134 Å². The Morgan fingerprint density at radius 1 is 0.913 bits per heavy atom. The van der Waals surface area contributed by atoms with E-state index in [0.29, 0.717) is 17.1 Å². The summed E-state index contributed by atoms with van der Waals surface area (Å²) in [6.45, 7) is 3.50. The summed E-state index contributed by atoms with van der Waals surface area (Å²) in [6.07, 6.45) is 0. The third-order valence-corrected chi connectivity index (χ3v) is 2.96. The standard InChI is InChI=1S/C17H19N3O3/c1-12-3-9-16(10-4-12)23-11-18-17(22)20-15-7-5-14(6-8-15)19-13(2)21/h3-10H,11H2,1-2H3,(H,19,21)(H2,18,20,22). The molecule has 3 amide bonds. The molecule has 0 spiro atoms. The average molecular weight is 313 g/mol. The predicted octanol–water partition coefficient (Wildman–Crippen LogP) is 3.11. The number of carbonyl (C=O) groups excluding carboxylic acids is 2. The minimum Gasteiger partial charge on any atom is -0.473 e. The summed E-state index contributed by atoms with van der Waals surface area (Å²) in [6, 6.07) is 14.0. The molecule has 0 fully saturated rings. The van der Waals surface area contributed by atoms with Crippen molar-refractivity contribution in [2.24, 2.45) is 0 Å². The number of urea groups is 1. The van der Waals surface area contributed by atoms with Crippen LogP contribution in [-0.2, 0) is 4.79 Å². The van der Waals surface area contributed by atoms with Crippen molar-refractivity contribution in [1.29, 1.82) is 0 Å². The van der Waals surface area contributed by atoms with E-state index >= 15 is 0 Å². The molecule has 0 atom stereocenters. The Kier molecular flexibility index (Phi) is 5.57. The van der Waals surface area contributed by atoms with Gasteiger partial charge in [0.15, 0.2) is 6.73 Å². The topological polar surface area (TPSA) is 79.5 Å². The van der Waals surface area contributed by atoms with Gasteiger partial charge in [-0.2, -0.15) is 0 Å². The first-order valence-electron chi connectivity index (χ1n) is 7.15. The van der Waals surface area contributed by atoms with Crippen LogP contribution >= 0.6 is 0 Å². The van der Waals surface area contributed by atoms with E-state index in [4.69, 9.17) is 4.74 Å². The van der Waals surface area contributed by atoms with Gasteiger partial charge in [0.2, 0.25) is 5.91 Å². The molecule has 0 saturated carbocycles. The molecular formula is C17H19N3O3. The van der Waals surface area contributed by atoms with E-state index in [2.05, 4.69) is 16.0 Å². The third kappa shape index (κ3) is 5.70. The number of aryl methyl sites for hydroxylation is 1. The highest BCUT2D eigenvalue weighted by Crippen LogP contribution is 2.13. The number of anilines is 2. The zero-order valence-electron chi connectivity index (χ0n) is 13.1. The quantitative estimate of drug-likeness (QED) is 0.742. The minimum atomic E-state index is -0.371. The van der Waals surface area contributed by atoms with Crippen molar-refractivity contribution < 1.29 is 14.3 Å². The fourth-order valence-corrected chi connectivity index (χ4v) is 1.83. The molecule has 0 heterocycles. The van der Waals surface area contributed by atoms with Crippen molar-refractivity contribution in [2.45, 2.75) is 13.8 Å². The summed E-state index contributed by atoms with van der Waals surface area (Å²) < 4.78 is 5.41. The molecule has 2 aromatic carbocycles. The zero-order chi connectivity index (χ0) is 16.7. The second-order valence-corrected chi connectivity index (χ2v) is 4.99. The number of hydrogen-bond donors (Lipinski definition) is 3. The SMILES string of the molecule is CC(=O)Nc1ccc(NC(=O)NCOc2ccc(C)cc2)cc1. The van der Waals surface area contributed by atoms with Gasteiger partial charge in [-0.05, 0) is 43.3 Å². The zero-order valence-corrected chi connectivity index (χ0v) is 13.1. The van der Waals surface area contributed by atoms with Crippen molar-refractivity contribution >= 4 is 23.3 Å². The van der Waals surface area contributed by atoms with E-state index in [1.807, 2.05) is 31.2 Å². The smallest absolute Gasteiger partial charge is 0.321 e. The maximum absolute atomic E-state index is 11.7. The Bertz CT molecular complexity index is 666.